The van der Waals surface area contributed by atoms with Crippen molar-refractivity contribution in [1.82, 2.24) is 0 Å². The first kappa shape index (κ1) is 43.5. The maximum atomic E-state index is 12.3. The highest BCUT2D eigenvalue weighted by atomic mass is 31.2. The molecule has 1 atom stereocenters. The van der Waals surface area contributed by atoms with Gasteiger partial charge in [0.1, 0.15) is 6.61 Å². The Bertz CT molecular complexity index is 974. The van der Waals surface area contributed by atoms with Gasteiger partial charge in [-0.1, -0.05) is 138 Å². The standard InChI is InChI=1S/C37H61O8P/c1-3-5-7-9-11-13-14-15-16-17-18-19-20-21-22-24-25-27-29-31-36(38)43-33-35(34-44-46(40,41)42)45-37(39)32-30-28-26-23-12-10-8-6-4-2/h5,7,11,13,15-16,18-19,21-22,25,27,35H,3-4,6,8-10,12,14,17,20,23-24,26,28-34H2,1-2H3,(H2,40,41,42)/b7-5-,13-11-,16-15-,19-18-,22-21-,27-25-/t35-/m1/s1. The summed E-state index contributed by atoms with van der Waals surface area (Å²) in [4.78, 5) is 42.4. The molecular weight excluding hydrogens is 603 g/mol. The lowest BCUT2D eigenvalue weighted by Crippen LogP contribution is -2.29. The number of ether oxygens (including phenoxy) is 2. The van der Waals surface area contributed by atoms with Gasteiger partial charge in [-0.25, -0.2) is 4.57 Å². The van der Waals surface area contributed by atoms with E-state index in [0.29, 0.717) is 12.8 Å². The predicted molar refractivity (Wildman–Crippen MR) is 188 cm³/mol. The number of phosphoric ester groups is 1. The first-order valence-electron chi connectivity index (χ1n) is 17.2. The molecule has 0 fully saturated rings. The highest BCUT2D eigenvalue weighted by Gasteiger charge is 2.22. The lowest BCUT2D eigenvalue weighted by atomic mass is 10.1. The Labute approximate surface area is 279 Å². The number of carbonyl (C=O) groups is 2. The van der Waals surface area contributed by atoms with E-state index in [-0.39, 0.29) is 19.4 Å². The number of hydrogen-bond acceptors (Lipinski definition) is 6. The second kappa shape index (κ2) is 32.4. The Morgan fingerprint density at radius 2 is 1.04 bits per heavy atom. The van der Waals surface area contributed by atoms with Gasteiger partial charge in [0, 0.05) is 12.8 Å². The van der Waals surface area contributed by atoms with Crippen molar-refractivity contribution in [1.29, 1.82) is 0 Å². The van der Waals surface area contributed by atoms with Crippen molar-refractivity contribution in [3.8, 4) is 0 Å². The van der Waals surface area contributed by atoms with E-state index in [0.717, 1.165) is 57.8 Å². The van der Waals surface area contributed by atoms with Crippen LogP contribution in [-0.2, 0) is 28.2 Å². The average Bonchev–Trinajstić information content (AvgIpc) is 3.02. The Hall–Kier alpha value is -2.51. The van der Waals surface area contributed by atoms with E-state index in [1.807, 2.05) is 12.2 Å². The smallest absolute Gasteiger partial charge is 0.462 e. The lowest BCUT2D eigenvalue weighted by Gasteiger charge is -2.18. The third kappa shape index (κ3) is 34.4. The third-order valence-electron chi connectivity index (χ3n) is 6.75. The Kier molecular flexibility index (Phi) is 30.7. The van der Waals surface area contributed by atoms with Crippen molar-refractivity contribution in [2.75, 3.05) is 13.2 Å². The molecular formula is C37H61O8P. The van der Waals surface area contributed by atoms with Crippen LogP contribution in [-0.4, -0.2) is 41.0 Å². The van der Waals surface area contributed by atoms with Crippen LogP contribution in [0, 0.1) is 0 Å². The highest BCUT2D eigenvalue weighted by molar-refractivity contribution is 7.46. The van der Waals surface area contributed by atoms with Gasteiger partial charge in [0.2, 0.25) is 0 Å². The average molecular weight is 665 g/mol. The van der Waals surface area contributed by atoms with E-state index in [1.165, 1.54) is 32.1 Å². The molecule has 0 aliphatic carbocycles. The summed E-state index contributed by atoms with van der Waals surface area (Å²) >= 11 is 0. The fraction of sp³-hybridized carbons (Fsp3) is 0.622. The van der Waals surface area contributed by atoms with Gasteiger partial charge in [0.05, 0.1) is 6.61 Å². The summed E-state index contributed by atoms with van der Waals surface area (Å²) in [7, 11) is -4.76. The number of allylic oxidation sites excluding steroid dienone is 12. The monoisotopic (exact) mass is 664 g/mol. The van der Waals surface area contributed by atoms with Crippen LogP contribution >= 0.6 is 7.82 Å². The molecule has 9 heteroatoms. The molecule has 0 heterocycles. The fourth-order valence-electron chi connectivity index (χ4n) is 4.22. The van der Waals surface area contributed by atoms with Crippen LogP contribution in [0.3, 0.4) is 0 Å². The van der Waals surface area contributed by atoms with Crippen molar-refractivity contribution in [3.63, 3.8) is 0 Å². The predicted octanol–water partition coefficient (Wildman–Crippen LogP) is 9.95. The molecule has 0 spiro atoms. The molecule has 0 saturated heterocycles. The molecule has 0 unspecified atom stereocenters. The number of esters is 2. The van der Waals surface area contributed by atoms with Crippen LogP contribution in [0.5, 0.6) is 0 Å². The van der Waals surface area contributed by atoms with Crippen LogP contribution in [0.1, 0.15) is 129 Å². The van der Waals surface area contributed by atoms with E-state index in [9.17, 15) is 14.2 Å². The SMILES string of the molecule is CC/C=C\C/C=C\C/C=C\C/C=C\C/C=C\C/C=C\CCC(=O)OC[C@H](COP(=O)(O)O)OC(=O)CCCCCCCCCCC. The molecule has 8 nitrogen and oxygen atoms in total. The molecule has 0 amide bonds. The number of hydrogen-bond donors (Lipinski definition) is 2. The van der Waals surface area contributed by atoms with Crippen LogP contribution in [0.25, 0.3) is 0 Å². The molecule has 262 valence electrons. The van der Waals surface area contributed by atoms with Gasteiger partial charge >= 0.3 is 19.8 Å². The van der Waals surface area contributed by atoms with Gasteiger partial charge in [-0.3, -0.25) is 14.1 Å². The topological polar surface area (TPSA) is 119 Å². The minimum absolute atomic E-state index is 0.140. The Morgan fingerprint density at radius 3 is 1.52 bits per heavy atom. The first-order chi connectivity index (χ1) is 22.3. The zero-order valence-electron chi connectivity index (χ0n) is 28.4. The van der Waals surface area contributed by atoms with Crippen LogP contribution in [0.2, 0.25) is 0 Å². The van der Waals surface area contributed by atoms with E-state index in [4.69, 9.17) is 19.3 Å². The quantitative estimate of drug-likeness (QED) is 0.0337. The van der Waals surface area contributed by atoms with Gasteiger partial charge in [-0.15, -0.1) is 0 Å². The number of carbonyl (C=O) groups excluding carboxylic acids is 2. The fourth-order valence-corrected chi connectivity index (χ4v) is 4.58. The molecule has 0 saturated carbocycles. The van der Waals surface area contributed by atoms with E-state index < -0.39 is 32.5 Å². The summed E-state index contributed by atoms with van der Waals surface area (Å²) < 4.78 is 26.1. The minimum atomic E-state index is -4.76. The zero-order chi connectivity index (χ0) is 34.0. The Balaban J connectivity index is 4.14. The van der Waals surface area contributed by atoms with Gasteiger partial charge in [0.25, 0.3) is 0 Å². The molecule has 0 radical (unpaired) electrons. The Morgan fingerprint density at radius 1 is 0.587 bits per heavy atom. The van der Waals surface area contributed by atoms with Crippen LogP contribution in [0.15, 0.2) is 72.9 Å². The minimum Gasteiger partial charge on any atom is -0.462 e. The summed E-state index contributed by atoms with van der Waals surface area (Å²) in [5.41, 5.74) is 0. The first-order valence-corrected chi connectivity index (χ1v) is 18.8. The normalized spacial score (nSPS) is 13.4. The van der Waals surface area contributed by atoms with Crippen molar-refractivity contribution in [3.05, 3.63) is 72.9 Å². The number of unbranched alkanes of at least 4 members (excludes halogenated alkanes) is 8. The summed E-state index contributed by atoms with van der Waals surface area (Å²) in [5.74, 6) is -0.994. The molecule has 0 aliphatic rings. The van der Waals surface area contributed by atoms with Gasteiger partial charge in [0.15, 0.2) is 6.10 Å². The maximum absolute atomic E-state index is 12.3. The van der Waals surface area contributed by atoms with Crippen molar-refractivity contribution in [2.24, 2.45) is 0 Å². The van der Waals surface area contributed by atoms with Crippen molar-refractivity contribution >= 4 is 19.8 Å². The highest BCUT2D eigenvalue weighted by Crippen LogP contribution is 2.35. The molecule has 2 N–H and O–H groups in total. The zero-order valence-corrected chi connectivity index (χ0v) is 29.3. The van der Waals surface area contributed by atoms with Crippen molar-refractivity contribution < 1.29 is 37.9 Å². The van der Waals surface area contributed by atoms with Crippen LogP contribution in [0.4, 0.5) is 0 Å². The summed E-state index contributed by atoms with van der Waals surface area (Å²) in [6, 6.07) is 0. The van der Waals surface area contributed by atoms with Crippen molar-refractivity contribution in [2.45, 2.75) is 136 Å². The molecule has 0 aromatic heterocycles. The third-order valence-corrected chi connectivity index (χ3v) is 7.24. The van der Waals surface area contributed by atoms with Crippen LogP contribution < -0.4 is 0 Å². The number of phosphoric acid groups is 1. The van der Waals surface area contributed by atoms with E-state index in [2.05, 4.69) is 79.1 Å². The van der Waals surface area contributed by atoms with Gasteiger partial charge in [-0.05, 0) is 51.4 Å². The summed E-state index contributed by atoms with van der Waals surface area (Å²) in [5, 5.41) is 0. The largest absolute Gasteiger partial charge is 0.469 e. The maximum Gasteiger partial charge on any atom is 0.469 e. The molecule has 46 heavy (non-hydrogen) atoms. The molecule has 0 rings (SSSR count). The van der Waals surface area contributed by atoms with Gasteiger partial charge < -0.3 is 19.3 Å². The van der Waals surface area contributed by atoms with Gasteiger partial charge in [-0.2, -0.15) is 0 Å². The summed E-state index contributed by atoms with van der Waals surface area (Å²) in [6.07, 6.45) is 40.8. The molecule has 0 aromatic carbocycles. The molecule has 0 aromatic rings. The van der Waals surface area contributed by atoms with E-state index >= 15 is 0 Å². The number of rotatable bonds is 30. The lowest BCUT2D eigenvalue weighted by molar-refractivity contribution is -0.161. The molecule has 0 bridgehead atoms. The second-order valence-electron chi connectivity index (χ2n) is 11.1. The molecule has 0 aliphatic heterocycles. The second-order valence-corrected chi connectivity index (χ2v) is 12.4. The summed E-state index contributed by atoms with van der Waals surface area (Å²) in [6.45, 7) is 3.44. The van der Waals surface area contributed by atoms with E-state index in [1.54, 1.807) is 0 Å².